The number of halogens is 1. The molecule has 0 amide bonds. The van der Waals surface area contributed by atoms with Crippen LogP contribution in [-0.2, 0) is 4.74 Å². The van der Waals surface area contributed by atoms with Crippen molar-refractivity contribution < 1.29 is 4.74 Å². The molecule has 0 aliphatic rings. The highest BCUT2D eigenvalue weighted by atomic mass is 35.5. The summed E-state index contributed by atoms with van der Waals surface area (Å²) in [7, 11) is 0. The van der Waals surface area contributed by atoms with Crippen LogP contribution in [0.25, 0.3) is 0 Å². The normalized spacial score (nSPS) is 13.1. The van der Waals surface area contributed by atoms with Crippen molar-refractivity contribution in [3.8, 4) is 0 Å². The maximum absolute atomic E-state index is 5.96. The van der Waals surface area contributed by atoms with Crippen molar-refractivity contribution in [2.75, 3.05) is 13.2 Å². The van der Waals surface area contributed by atoms with E-state index in [0.717, 1.165) is 18.1 Å². The lowest BCUT2D eigenvalue weighted by atomic mass is 9.96. The van der Waals surface area contributed by atoms with Crippen molar-refractivity contribution in [2.45, 2.75) is 32.3 Å². The Bertz CT molecular complexity index is 315. The molecule has 0 spiro atoms. The largest absolute Gasteiger partial charge is 0.379 e. The number of ether oxygens (including phenoxy) is 1. The molecule has 90 valence electrons. The second kappa shape index (κ2) is 6.89. The molecular formula is C13H20ClNO. The fourth-order valence-corrected chi connectivity index (χ4v) is 1.83. The van der Waals surface area contributed by atoms with Crippen molar-refractivity contribution in [1.29, 1.82) is 0 Å². The summed E-state index contributed by atoms with van der Waals surface area (Å²) in [5.74, 6) is 0.331. The second-order valence-electron chi connectivity index (χ2n) is 4.20. The highest BCUT2D eigenvalue weighted by Gasteiger charge is 2.10. The quantitative estimate of drug-likeness (QED) is 0.830. The zero-order chi connectivity index (χ0) is 12.0. The highest BCUT2D eigenvalue weighted by molar-refractivity contribution is 6.30. The van der Waals surface area contributed by atoms with E-state index in [-0.39, 0.29) is 6.10 Å². The monoisotopic (exact) mass is 241 g/mol. The van der Waals surface area contributed by atoms with E-state index in [1.807, 2.05) is 32.0 Å². The minimum absolute atomic E-state index is 0.276. The van der Waals surface area contributed by atoms with Gasteiger partial charge in [0.2, 0.25) is 0 Å². The van der Waals surface area contributed by atoms with Crippen LogP contribution < -0.4 is 5.73 Å². The van der Waals surface area contributed by atoms with Gasteiger partial charge >= 0.3 is 0 Å². The maximum atomic E-state index is 5.96. The van der Waals surface area contributed by atoms with Gasteiger partial charge in [0.25, 0.3) is 0 Å². The van der Waals surface area contributed by atoms with Crippen molar-refractivity contribution in [1.82, 2.24) is 0 Å². The molecule has 0 radical (unpaired) electrons. The van der Waals surface area contributed by atoms with Crippen LogP contribution in [0.4, 0.5) is 0 Å². The van der Waals surface area contributed by atoms with E-state index in [9.17, 15) is 0 Å². The van der Waals surface area contributed by atoms with E-state index in [1.54, 1.807) is 0 Å². The molecule has 0 saturated heterocycles. The molecule has 0 bridgehead atoms. The van der Waals surface area contributed by atoms with E-state index in [1.165, 1.54) is 5.56 Å². The predicted octanol–water partition coefficient (Wildman–Crippen LogP) is 3.20. The molecule has 1 atom stereocenters. The first-order valence-corrected chi connectivity index (χ1v) is 6.08. The van der Waals surface area contributed by atoms with Gasteiger partial charge in [-0.05, 0) is 50.4 Å². The predicted molar refractivity (Wildman–Crippen MR) is 69.0 cm³/mol. The molecule has 16 heavy (non-hydrogen) atoms. The zero-order valence-corrected chi connectivity index (χ0v) is 10.7. The first-order valence-electron chi connectivity index (χ1n) is 5.70. The second-order valence-corrected chi connectivity index (χ2v) is 4.63. The SMILES string of the molecule is CC(C)OCCC(CN)c1cccc(Cl)c1. The first kappa shape index (κ1) is 13.5. The summed E-state index contributed by atoms with van der Waals surface area (Å²) in [5.41, 5.74) is 6.97. The summed E-state index contributed by atoms with van der Waals surface area (Å²) >= 11 is 5.96. The first-order chi connectivity index (χ1) is 7.63. The van der Waals surface area contributed by atoms with Crippen molar-refractivity contribution in [3.05, 3.63) is 34.9 Å². The van der Waals surface area contributed by atoms with Crippen LogP contribution in [0, 0.1) is 0 Å². The molecule has 1 aromatic carbocycles. The van der Waals surface area contributed by atoms with Gasteiger partial charge in [-0.2, -0.15) is 0 Å². The molecule has 0 aliphatic carbocycles. The Kier molecular flexibility index (Phi) is 5.81. The Balaban J connectivity index is 2.53. The molecule has 2 N–H and O–H groups in total. The lowest BCUT2D eigenvalue weighted by molar-refractivity contribution is 0.0737. The molecule has 1 aromatic rings. The van der Waals surface area contributed by atoms with Gasteiger partial charge in [0, 0.05) is 11.6 Å². The summed E-state index contributed by atoms with van der Waals surface area (Å²) in [4.78, 5) is 0. The van der Waals surface area contributed by atoms with E-state index in [2.05, 4.69) is 6.07 Å². The van der Waals surface area contributed by atoms with Gasteiger partial charge < -0.3 is 10.5 Å². The molecular weight excluding hydrogens is 222 g/mol. The van der Waals surface area contributed by atoms with Crippen LogP contribution in [0.15, 0.2) is 24.3 Å². The van der Waals surface area contributed by atoms with Gasteiger partial charge in [-0.15, -0.1) is 0 Å². The van der Waals surface area contributed by atoms with Gasteiger partial charge in [0.15, 0.2) is 0 Å². The lowest BCUT2D eigenvalue weighted by Crippen LogP contribution is -2.16. The number of hydrogen-bond donors (Lipinski definition) is 1. The van der Waals surface area contributed by atoms with Gasteiger partial charge in [0.05, 0.1) is 6.10 Å². The Morgan fingerprint density at radius 3 is 2.69 bits per heavy atom. The van der Waals surface area contributed by atoms with E-state index in [0.29, 0.717) is 12.5 Å². The summed E-state index contributed by atoms with van der Waals surface area (Å²) in [5, 5.41) is 0.765. The summed E-state index contributed by atoms with van der Waals surface area (Å²) in [6.45, 7) is 5.45. The third-order valence-corrected chi connectivity index (χ3v) is 2.76. The van der Waals surface area contributed by atoms with Gasteiger partial charge in [-0.3, -0.25) is 0 Å². The fourth-order valence-electron chi connectivity index (χ4n) is 1.63. The van der Waals surface area contributed by atoms with Crippen molar-refractivity contribution in [2.24, 2.45) is 5.73 Å². The fraction of sp³-hybridized carbons (Fsp3) is 0.538. The van der Waals surface area contributed by atoms with Crippen LogP contribution >= 0.6 is 11.6 Å². The minimum Gasteiger partial charge on any atom is -0.379 e. The molecule has 1 unspecified atom stereocenters. The van der Waals surface area contributed by atoms with Gasteiger partial charge in [0.1, 0.15) is 0 Å². The molecule has 3 heteroatoms. The van der Waals surface area contributed by atoms with Crippen molar-refractivity contribution >= 4 is 11.6 Å². The maximum Gasteiger partial charge on any atom is 0.0518 e. The average molecular weight is 242 g/mol. The smallest absolute Gasteiger partial charge is 0.0518 e. The lowest BCUT2D eigenvalue weighted by Gasteiger charge is -2.16. The summed E-state index contributed by atoms with van der Waals surface area (Å²) in [6, 6.07) is 7.89. The highest BCUT2D eigenvalue weighted by Crippen LogP contribution is 2.21. The molecule has 0 heterocycles. The van der Waals surface area contributed by atoms with Crippen LogP contribution in [0.1, 0.15) is 31.7 Å². The van der Waals surface area contributed by atoms with E-state index in [4.69, 9.17) is 22.1 Å². The van der Waals surface area contributed by atoms with Gasteiger partial charge in [-0.1, -0.05) is 23.7 Å². The van der Waals surface area contributed by atoms with Gasteiger partial charge in [-0.25, -0.2) is 0 Å². The standard InChI is InChI=1S/C13H20ClNO/c1-10(2)16-7-6-12(9-15)11-4-3-5-13(14)8-11/h3-5,8,10,12H,6-7,9,15H2,1-2H3. The zero-order valence-electron chi connectivity index (χ0n) is 9.95. The average Bonchev–Trinajstić information content (AvgIpc) is 2.24. The molecule has 0 aromatic heterocycles. The Morgan fingerprint density at radius 2 is 2.12 bits per heavy atom. The Labute approximate surface area is 103 Å². The molecule has 1 rings (SSSR count). The minimum atomic E-state index is 0.276. The van der Waals surface area contributed by atoms with Crippen LogP contribution in [0.2, 0.25) is 5.02 Å². The molecule has 0 fully saturated rings. The van der Waals surface area contributed by atoms with Crippen LogP contribution in [0.5, 0.6) is 0 Å². The molecule has 0 saturated carbocycles. The Hall–Kier alpha value is -0.570. The summed E-state index contributed by atoms with van der Waals surface area (Å²) in [6.07, 6.45) is 1.22. The third kappa shape index (κ3) is 4.52. The van der Waals surface area contributed by atoms with E-state index >= 15 is 0 Å². The number of rotatable bonds is 6. The van der Waals surface area contributed by atoms with Crippen LogP contribution in [0.3, 0.4) is 0 Å². The summed E-state index contributed by atoms with van der Waals surface area (Å²) < 4.78 is 5.54. The van der Waals surface area contributed by atoms with Crippen LogP contribution in [-0.4, -0.2) is 19.3 Å². The Morgan fingerprint density at radius 1 is 1.38 bits per heavy atom. The van der Waals surface area contributed by atoms with Crippen molar-refractivity contribution in [3.63, 3.8) is 0 Å². The number of hydrogen-bond acceptors (Lipinski definition) is 2. The number of nitrogens with two attached hydrogens (primary N) is 1. The van der Waals surface area contributed by atoms with E-state index < -0.39 is 0 Å². The third-order valence-electron chi connectivity index (χ3n) is 2.52. The number of benzene rings is 1. The topological polar surface area (TPSA) is 35.2 Å². The molecule has 0 aliphatic heterocycles. The molecule has 2 nitrogen and oxygen atoms in total.